The summed E-state index contributed by atoms with van der Waals surface area (Å²) >= 11 is 1.88. The first kappa shape index (κ1) is 13.9. The van der Waals surface area contributed by atoms with E-state index in [2.05, 4.69) is 15.6 Å². The van der Waals surface area contributed by atoms with Crippen molar-refractivity contribution in [1.82, 2.24) is 20.3 Å². The lowest BCUT2D eigenvalue weighted by atomic mass is 10.2. The minimum Gasteiger partial charge on any atom is -0.480 e. The Labute approximate surface area is 114 Å². The molecule has 1 fully saturated rings. The molecule has 7 nitrogen and oxygen atoms in total. The van der Waals surface area contributed by atoms with Crippen LogP contribution in [0.2, 0.25) is 0 Å². The minimum absolute atomic E-state index is 0.155. The second kappa shape index (κ2) is 6.55. The van der Waals surface area contributed by atoms with Gasteiger partial charge in [0.05, 0.1) is 6.20 Å². The lowest BCUT2D eigenvalue weighted by Gasteiger charge is -2.21. The third-order valence-corrected chi connectivity index (χ3v) is 4.23. The molecule has 0 bridgehead atoms. The summed E-state index contributed by atoms with van der Waals surface area (Å²) in [5.74, 6) is -0.173. The number of carbonyl (C=O) groups is 2. The molecule has 1 aromatic rings. The van der Waals surface area contributed by atoms with E-state index in [1.165, 1.54) is 19.0 Å². The van der Waals surface area contributed by atoms with Crippen molar-refractivity contribution >= 4 is 23.6 Å². The largest absolute Gasteiger partial charge is 0.480 e. The fourth-order valence-corrected chi connectivity index (χ4v) is 3.12. The Kier molecular flexibility index (Phi) is 4.78. The van der Waals surface area contributed by atoms with Gasteiger partial charge in [-0.1, -0.05) is 11.6 Å². The van der Waals surface area contributed by atoms with Crippen LogP contribution in [-0.4, -0.2) is 49.5 Å². The summed E-state index contributed by atoms with van der Waals surface area (Å²) in [6.07, 6.45) is 4.93. The Morgan fingerprint density at radius 2 is 2.37 bits per heavy atom. The molecule has 1 aromatic heterocycles. The van der Waals surface area contributed by atoms with E-state index >= 15 is 0 Å². The fourth-order valence-electron chi connectivity index (χ4n) is 1.88. The Morgan fingerprint density at radius 3 is 3.05 bits per heavy atom. The number of carboxylic acid groups (broad SMARTS) is 1. The van der Waals surface area contributed by atoms with Crippen LogP contribution < -0.4 is 5.32 Å². The molecule has 0 aromatic carbocycles. The molecule has 0 saturated carbocycles. The summed E-state index contributed by atoms with van der Waals surface area (Å²) in [5.41, 5.74) is 0.155. The molecule has 1 unspecified atom stereocenters. The summed E-state index contributed by atoms with van der Waals surface area (Å²) in [6, 6.07) is 0. The summed E-state index contributed by atoms with van der Waals surface area (Å²) in [7, 11) is 0. The van der Waals surface area contributed by atoms with Crippen molar-refractivity contribution in [2.75, 3.05) is 12.3 Å². The number of hydrogen-bond acceptors (Lipinski definition) is 5. The van der Waals surface area contributed by atoms with Crippen LogP contribution in [0.15, 0.2) is 6.20 Å². The lowest BCUT2D eigenvalue weighted by molar-refractivity contribution is -0.137. The van der Waals surface area contributed by atoms with Crippen LogP contribution in [0.3, 0.4) is 0 Å². The maximum absolute atomic E-state index is 11.8. The fraction of sp³-hybridized carbons (Fsp3) is 0.636. The molecule has 1 atom stereocenters. The van der Waals surface area contributed by atoms with Gasteiger partial charge in [-0.25, -0.2) is 4.68 Å². The number of nitrogens with zero attached hydrogens (tertiary/aromatic N) is 3. The molecule has 0 spiro atoms. The predicted molar refractivity (Wildman–Crippen MR) is 70.1 cm³/mol. The number of rotatable bonds is 5. The van der Waals surface area contributed by atoms with Crippen molar-refractivity contribution in [3.8, 4) is 0 Å². The van der Waals surface area contributed by atoms with E-state index in [9.17, 15) is 9.59 Å². The summed E-state index contributed by atoms with van der Waals surface area (Å²) in [5, 5.41) is 19.1. The zero-order valence-electron chi connectivity index (χ0n) is 10.4. The van der Waals surface area contributed by atoms with Crippen LogP contribution in [0.1, 0.15) is 29.8 Å². The van der Waals surface area contributed by atoms with Crippen molar-refractivity contribution in [1.29, 1.82) is 0 Å². The molecule has 19 heavy (non-hydrogen) atoms. The van der Waals surface area contributed by atoms with Crippen LogP contribution in [0.5, 0.6) is 0 Å². The summed E-state index contributed by atoms with van der Waals surface area (Å²) < 4.78 is 1.13. The van der Waals surface area contributed by atoms with E-state index < -0.39 is 5.97 Å². The summed E-state index contributed by atoms with van der Waals surface area (Å²) in [6.45, 7) is 0.327. The van der Waals surface area contributed by atoms with E-state index in [0.717, 1.165) is 16.9 Å². The molecule has 2 rings (SSSR count). The van der Waals surface area contributed by atoms with Gasteiger partial charge in [-0.05, 0) is 18.6 Å². The molecule has 0 radical (unpaired) electrons. The number of amides is 1. The van der Waals surface area contributed by atoms with Crippen molar-refractivity contribution < 1.29 is 14.7 Å². The highest BCUT2D eigenvalue weighted by molar-refractivity contribution is 7.99. The van der Waals surface area contributed by atoms with E-state index in [1.807, 2.05) is 11.8 Å². The highest BCUT2D eigenvalue weighted by atomic mass is 32.2. The quantitative estimate of drug-likeness (QED) is 0.811. The monoisotopic (exact) mass is 284 g/mol. The number of nitrogens with one attached hydrogen (secondary N) is 1. The molecular weight excluding hydrogens is 268 g/mol. The SMILES string of the molecule is O=C(O)Cn1cc(C(=O)NCC2CCCCS2)nn1. The van der Waals surface area contributed by atoms with E-state index in [-0.39, 0.29) is 18.1 Å². The number of carbonyl (C=O) groups excluding carboxylic acids is 1. The number of aliphatic carboxylic acids is 1. The van der Waals surface area contributed by atoms with Crippen LogP contribution in [0.25, 0.3) is 0 Å². The number of hydrogen-bond donors (Lipinski definition) is 2. The van der Waals surface area contributed by atoms with E-state index in [4.69, 9.17) is 5.11 Å². The zero-order valence-corrected chi connectivity index (χ0v) is 11.2. The van der Waals surface area contributed by atoms with Crippen LogP contribution >= 0.6 is 11.8 Å². The number of carboxylic acids is 1. The van der Waals surface area contributed by atoms with E-state index in [0.29, 0.717) is 11.8 Å². The van der Waals surface area contributed by atoms with E-state index in [1.54, 1.807) is 0 Å². The van der Waals surface area contributed by atoms with Gasteiger partial charge in [-0.2, -0.15) is 11.8 Å². The Bertz CT molecular complexity index is 457. The van der Waals surface area contributed by atoms with Gasteiger partial charge in [0, 0.05) is 11.8 Å². The third kappa shape index (κ3) is 4.23. The lowest BCUT2D eigenvalue weighted by Crippen LogP contribution is -2.32. The first-order valence-electron chi connectivity index (χ1n) is 6.17. The van der Waals surface area contributed by atoms with Crippen LogP contribution in [0, 0.1) is 0 Å². The zero-order chi connectivity index (χ0) is 13.7. The molecule has 8 heteroatoms. The molecule has 2 N–H and O–H groups in total. The second-order valence-corrected chi connectivity index (χ2v) is 5.80. The molecule has 1 saturated heterocycles. The topological polar surface area (TPSA) is 97.1 Å². The minimum atomic E-state index is -1.02. The Balaban J connectivity index is 1.81. The summed E-state index contributed by atoms with van der Waals surface area (Å²) in [4.78, 5) is 22.3. The van der Waals surface area contributed by atoms with Crippen LogP contribution in [0.4, 0.5) is 0 Å². The average molecular weight is 284 g/mol. The predicted octanol–water partition coefficient (Wildman–Crippen LogP) is 0.378. The van der Waals surface area contributed by atoms with Crippen molar-refractivity contribution in [2.24, 2.45) is 0 Å². The van der Waals surface area contributed by atoms with Gasteiger partial charge in [0.2, 0.25) is 0 Å². The Morgan fingerprint density at radius 1 is 1.53 bits per heavy atom. The normalized spacial score (nSPS) is 19.1. The third-order valence-electron chi connectivity index (χ3n) is 2.83. The van der Waals surface area contributed by atoms with Crippen molar-refractivity contribution in [2.45, 2.75) is 31.1 Å². The standard InChI is InChI=1S/C11H16N4O3S/c16-10(17)7-15-6-9(13-14-15)11(18)12-5-8-3-1-2-4-19-8/h6,8H,1-5,7H2,(H,12,18)(H,16,17). The maximum Gasteiger partial charge on any atom is 0.325 e. The smallest absolute Gasteiger partial charge is 0.325 e. The van der Waals surface area contributed by atoms with Crippen LogP contribution in [-0.2, 0) is 11.3 Å². The number of aromatic nitrogens is 3. The molecule has 1 aliphatic heterocycles. The van der Waals surface area contributed by atoms with Gasteiger partial charge in [-0.15, -0.1) is 5.10 Å². The molecular formula is C11H16N4O3S. The van der Waals surface area contributed by atoms with Gasteiger partial charge in [0.15, 0.2) is 5.69 Å². The molecule has 1 amide bonds. The molecule has 104 valence electrons. The highest BCUT2D eigenvalue weighted by Crippen LogP contribution is 2.24. The van der Waals surface area contributed by atoms with Gasteiger partial charge < -0.3 is 10.4 Å². The van der Waals surface area contributed by atoms with Gasteiger partial charge in [-0.3, -0.25) is 9.59 Å². The van der Waals surface area contributed by atoms with Gasteiger partial charge in [0.25, 0.3) is 5.91 Å². The van der Waals surface area contributed by atoms with Crippen molar-refractivity contribution in [3.63, 3.8) is 0 Å². The first-order chi connectivity index (χ1) is 9.15. The molecule has 1 aliphatic rings. The maximum atomic E-state index is 11.8. The molecule has 0 aliphatic carbocycles. The number of thioether (sulfide) groups is 1. The van der Waals surface area contributed by atoms with Gasteiger partial charge in [0.1, 0.15) is 6.54 Å². The highest BCUT2D eigenvalue weighted by Gasteiger charge is 2.17. The average Bonchev–Trinajstić information content (AvgIpc) is 2.85. The van der Waals surface area contributed by atoms with Crippen molar-refractivity contribution in [3.05, 3.63) is 11.9 Å². The van der Waals surface area contributed by atoms with Gasteiger partial charge >= 0.3 is 5.97 Å². The Hall–Kier alpha value is -1.57. The second-order valence-electron chi connectivity index (χ2n) is 4.39. The molecule has 2 heterocycles. The first-order valence-corrected chi connectivity index (χ1v) is 7.22.